The van der Waals surface area contributed by atoms with E-state index in [-0.39, 0.29) is 29.4 Å². The lowest BCUT2D eigenvalue weighted by Crippen LogP contribution is -2.30. The zero-order valence-corrected chi connectivity index (χ0v) is 23.8. The lowest BCUT2D eigenvalue weighted by Gasteiger charge is -2.16. The molecule has 1 aromatic heterocycles. The van der Waals surface area contributed by atoms with Crippen LogP contribution in [0.1, 0.15) is 39.1 Å². The average Bonchev–Trinajstić information content (AvgIpc) is 3.25. The number of amides is 2. The minimum atomic E-state index is -0.629. The molecule has 2 unspecified atom stereocenters. The number of carbonyl (C=O) groups is 4. The monoisotopic (exact) mass is 608 g/mol. The molecule has 41 heavy (non-hydrogen) atoms. The van der Waals surface area contributed by atoms with Gasteiger partial charge in [-0.2, -0.15) is 0 Å². The van der Waals surface area contributed by atoms with Crippen LogP contribution in [0.3, 0.4) is 0 Å². The van der Waals surface area contributed by atoms with E-state index in [0.717, 1.165) is 10.0 Å². The maximum atomic E-state index is 13.3. The van der Waals surface area contributed by atoms with Gasteiger partial charge in [0.05, 0.1) is 34.3 Å². The van der Waals surface area contributed by atoms with Crippen LogP contribution >= 0.6 is 15.9 Å². The second-order valence-electron chi connectivity index (χ2n) is 10.2. The molecule has 4 aromatic rings. The molecular formula is C33H25BrN2O5. The number of carbonyl (C=O) groups excluding carboxylic acids is 4. The highest BCUT2D eigenvalue weighted by molar-refractivity contribution is 9.10. The third kappa shape index (κ3) is 5.00. The Morgan fingerprint density at radius 1 is 0.927 bits per heavy atom. The van der Waals surface area contributed by atoms with E-state index in [0.29, 0.717) is 51.8 Å². The predicted molar refractivity (Wildman–Crippen MR) is 159 cm³/mol. The fraction of sp³-hybridized carbons (Fsp3) is 0.182. The maximum absolute atomic E-state index is 13.3. The molecule has 0 spiro atoms. The second-order valence-corrected chi connectivity index (χ2v) is 11.2. The SMILES string of the molecule is Cc1cccc2c(C(=O)OCC(=O)c3ccc(Br)cc3)cc(-c3ccc(N4C(=O)C5CC=CCC5C4=O)cc3)nc12. The minimum absolute atomic E-state index is 0.167. The highest BCUT2D eigenvalue weighted by Gasteiger charge is 2.47. The number of aromatic nitrogens is 1. The topological polar surface area (TPSA) is 93.6 Å². The Hall–Kier alpha value is -4.43. The smallest absolute Gasteiger partial charge is 0.339 e. The number of imide groups is 1. The Morgan fingerprint density at radius 3 is 2.24 bits per heavy atom. The number of hydrogen-bond donors (Lipinski definition) is 0. The summed E-state index contributed by atoms with van der Waals surface area (Å²) in [6.45, 7) is 1.52. The number of aryl methyl sites for hydroxylation is 1. The van der Waals surface area contributed by atoms with E-state index in [1.54, 1.807) is 60.7 Å². The molecule has 0 radical (unpaired) electrons. The van der Waals surface area contributed by atoms with Crippen LogP contribution < -0.4 is 4.90 Å². The fourth-order valence-electron chi connectivity index (χ4n) is 5.47. The number of esters is 1. The summed E-state index contributed by atoms with van der Waals surface area (Å²) in [4.78, 5) is 58.0. The van der Waals surface area contributed by atoms with Gasteiger partial charge in [0, 0.05) is 21.0 Å². The summed E-state index contributed by atoms with van der Waals surface area (Å²) >= 11 is 3.34. The Morgan fingerprint density at radius 2 is 1.59 bits per heavy atom. The normalized spacial score (nSPS) is 18.0. The third-order valence-electron chi connectivity index (χ3n) is 7.69. The summed E-state index contributed by atoms with van der Waals surface area (Å²) in [5.74, 6) is -1.88. The van der Waals surface area contributed by atoms with E-state index in [2.05, 4.69) is 15.9 Å². The van der Waals surface area contributed by atoms with Crippen LogP contribution in [0.4, 0.5) is 5.69 Å². The lowest BCUT2D eigenvalue weighted by atomic mass is 9.85. The summed E-state index contributed by atoms with van der Waals surface area (Å²) in [6, 6.07) is 21.1. The highest BCUT2D eigenvalue weighted by Crippen LogP contribution is 2.38. The van der Waals surface area contributed by atoms with Gasteiger partial charge < -0.3 is 4.74 Å². The Bertz CT molecular complexity index is 1720. The maximum Gasteiger partial charge on any atom is 0.339 e. The number of fused-ring (bicyclic) bond motifs is 2. The number of anilines is 1. The molecule has 2 aliphatic rings. The van der Waals surface area contributed by atoms with E-state index in [4.69, 9.17) is 9.72 Å². The molecular weight excluding hydrogens is 584 g/mol. The molecule has 1 saturated heterocycles. The van der Waals surface area contributed by atoms with E-state index < -0.39 is 12.6 Å². The van der Waals surface area contributed by atoms with E-state index >= 15 is 0 Å². The lowest BCUT2D eigenvalue weighted by molar-refractivity contribution is -0.122. The zero-order valence-electron chi connectivity index (χ0n) is 22.2. The van der Waals surface area contributed by atoms with Crippen molar-refractivity contribution in [3.63, 3.8) is 0 Å². The molecule has 204 valence electrons. The van der Waals surface area contributed by atoms with Crippen molar-refractivity contribution in [1.29, 1.82) is 0 Å². The number of Topliss-reactive ketones (excluding diaryl/α,β-unsaturated/α-hetero) is 1. The number of pyridine rings is 1. The van der Waals surface area contributed by atoms with Crippen LogP contribution in [0.15, 0.2) is 89.4 Å². The van der Waals surface area contributed by atoms with Gasteiger partial charge in [-0.25, -0.2) is 9.78 Å². The van der Waals surface area contributed by atoms with Gasteiger partial charge in [-0.05, 0) is 55.7 Å². The first-order chi connectivity index (χ1) is 19.8. The minimum Gasteiger partial charge on any atom is -0.454 e. The van der Waals surface area contributed by atoms with Crippen LogP contribution in [0.25, 0.3) is 22.2 Å². The molecule has 2 atom stereocenters. The van der Waals surface area contributed by atoms with Crippen molar-refractivity contribution >= 4 is 56.1 Å². The molecule has 2 heterocycles. The largest absolute Gasteiger partial charge is 0.454 e. The average molecular weight is 609 g/mol. The summed E-state index contributed by atoms with van der Waals surface area (Å²) in [5, 5.41) is 0.621. The summed E-state index contributed by atoms with van der Waals surface area (Å²) in [5.41, 5.74) is 4.01. The molecule has 0 saturated carbocycles. The van der Waals surface area contributed by atoms with Crippen LogP contribution in [0.2, 0.25) is 0 Å². The fourth-order valence-corrected chi connectivity index (χ4v) is 5.74. The van der Waals surface area contributed by atoms with Gasteiger partial charge >= 0.3 is 5.97 Å². The number of allylic oxidation sites excluding steroid dienone is 2. The molecule has 6 rings (SSSR count). The molecule has 8 heteroatoms. The van der Waals surface area contributed by atoms with Crippen LogP contribution in [-0.2, 0) is 14.3 Å². The molecule has 3 aromatic carbocycles. The first-order valence-corrected chi connectivity index (χ1v) is 14.1. The number of hydrogen-bond acceptors (Lipinski definition) is 6. The number of rotatable bonds is 6. The molecule has 2 amide bonds. The first kappa shape index (κ1) is 26.8. The number of benzene rings is 3. The Balaban J connectivity index is 1.29. The van der Waals surface area contributed by atoms with Gasteiger partial charge in [-0.15, -0.1) is 0 Å². The van der Waals surface area contributed by atoms with Gasteiger partial charge in [0.15, 0.2) is 12.4 Å². The number of para-hydroxylation sites is 1. The highest BCUT2D eigenvalue weighted by atomic mass is 79.9. The van der Waals surface area contributed by atoms with Crippen molar-refractivity contribution in [3.05, 3.63) is 106 Å². The molecule has 1 fully saturated rings. The van der Waals surface area contributed by atoms with Crippen molar-refractivity contribution in [1.82, 2.24) is 4.98 Å². The van der Waals surface area contributed by atoms with Gasteiger partial charge in [0.25, 0.3) is 0 Å². The van der Waals surface area contributed by atoms with Crippen LogP contribution in [0.5, 0.6) is 0 Å². The molecule has 7 nitrogen and oxygen atoms in total. The van der Waals surface area contributed by atoms with Gasteiger partial charge in [-0.3, -0.25) is 19.3 Å². The first-order valence-electron chi connectivity index (χ1n) is 13.3. The predicted octanol–water partition coefficient (Wildman–Crippen LogP) is 6.47. The third-order valence-corrected chi connectivity index (χ3v) is 8.22. The van der Waals surface area contributed by atoms with E-state index in [1.807, 2.05) is 31.2 Å². The Kier molecular flexibility index (Phi) is 7.09. The molecule has 1 aliphatic carbocycles. The van der Waals surface area contributed by atoms with Crippen molar-refractivity contribution in [2.24, 2.45) is 11.8 Å². The molecule has 0 N–H and O–H groups in total. The van der Waals surface area contributed by atoms with Crippen LogP contribution in [0, 0.1) is 18.8 Å². The summed E-state index contributed by atoms with van der Waals surface area (Å²) in [7, 11) is 0. The number of ether oxygens (including phenoxy) is 1. The van der Waals surface area contributed by atoms with Crippen LogP contribution in [-0.4, -0.2) is 35.2 Å². The summed E-state index contributed by atoms with van der Waals surface area (Å²) in [6.07, 6.45) is 5.09. The number of ketones is 1. The van der Waals surface area contributed by atoms with Gasteiger partial charge in [-0.1, -0.05) is 70.5 Å². The van der Waals surface area contributed by atoms with E-state index in [9.17, 15) is 19.2 Å². The van der Waals surface area contributed by atoms with Crippen molar-refractivity contribution in [3.8, 4) is 11.3 Å². The number of halogens is 1. The summed E-state index contributed by atoms with van der Waals surface area (Å²) < 4.78 is 6.30. The second kappa shape index (κ2) is 10.9. The standard InChI is InChI=1S/C33H25BrN2O5/c1-19-5-4-8-24-27(33(40)41-18-29(37)21-9-13-22(34)14-10-21)17-28(35-30(19)24)20-11-15-23(16-12-20)36-31(38)25-6-2-3-7-26(25)32(36)39/h2-5,8-17,25-26H,6-7,18H2,1H3. The quantitative estimate of drug-likeness (QED) is 0.108. The van der Waals surface area contributed by atoms with E-state index in [1.165, 1.54) is 4.90 Å². The van der Waals surface area contributed by atoms with Crippen molar-refractivity contribution < 1.29 is 23.9 Å². The van der Waals surface area contributed by atoms with Crippen molar-refractivity contribution in [2.75, 3.05) is 11.5 Å². The molecule has 0 bridgehead atoms. The Labute approximate surface area is 245 Å². The number of nitrogens with zero attached hydrogens (tertiary/aromatic N) is 2. The van der Waals surface area contributed by atoms with Gasteiger partial charge in [0.1, 0.15) is 0 Å². The zero-order chi connectivity index (χ0) is 28.7. The molecule has 1 aliphatic heterocycles. The van der Waals surface area contributed by atoms with Crippen molar-refractivity contribution in [2.45, 2.75) is 19.8 Å². The van der Waals surface area contributed by atoms with Gasteiger partial charge in [0.2, 0.25) is 11.8 Å².